The maximum Gasteiger partial charge on any atom is 0.343 e. The van der Waals surface area contributed by atoms with Gasteiger partial charge < -0.3 is 15.0 Å². The van der Waals surface area contributed by atoms with Crippen LogP contribution in [-0.4, -0.2) is 24.6 Å². The number of ether oxygens (including phenoxy) is 1. The SMILES string of the molecule is CC.COC(=O)c1c[nH]c2c(c1=O)CCNC2. The zero-order valence-corrected chi connectivity index (χ0v) is 10.4. The van der Waals surface area contributed by atoms with Gasteiger partial charge in [-0.05, 0) is 13.0 Å². The molecule has 0 saturated heterocycles. The molecule has 1 aliphatic rings. The Labute approximate surface area is 100 Å². The molecule has 0 radical (unpaired) electrons. The van der Waals surface area contributed by atoms with Crippen LogP contribution in [0.5, 0.6) is 0 Å². The van der Waals surface area contributed by atoms with E-state index in [1.807, 2.05) is 13.8 Å². The van der Waals surface area contributed by atoms with Gasteiger partial charge in [0, 0.05) is 24.0 Å². The average Bonchev–Trinajstić information content (AvgIpc) is 2.41. The summed E-state index contributed by atoms with van der Waals surface area (Å²) in [6.45, 7) is 5.41. The molecular weight excluding hydrogens is 220 g/mol. The fourth-order valence-electron chi connectivity index (χ4n) is 1.72. The Kier molecular flexibility index (Phi) is 4.90. The van der Waals surface area contributed by atoms with Crippen LogP contribution in [0.1, 0.15) is 35.5 Å². The Morgan fingerprint density at radius 2 is 2.12 bits per heavy atom. The molecular formula is C12H18N2O3. The maximum absolute atomic E-state index is 11.9. The minimum absolute atomic E-state index is 0.0816. The van der Waals surface area contributed by atoms with Gasteiger partial charge in [-0.2, -0.15) is 0 Å². The zero-order chi connectivity index (χ0) is 12.8. The van der Waals surface area contributed by atoms with Crippen molar-refractivity contribution in [1.29, 1.82) is 0 Å². The highest BCUT2D eigenvalue weighted by Gasteiger charge is 2.18. The van der Waals surface area contributed by atoms with Crippen molar-refractivity contribution in [3.63, 3.8) is 0 Å². The topological polar surface area (TPSA) is 71.2 Å². The number of carbonyl (C=O) groups excluding carboxylic acids is 1. The van der Waals surface area contributed by atoms with Crippen LogP contribution in [0.15, 0.2) is 11.0 Å². The van der Waals surface area contributed by atoms with Gasteiger partial charge in [0.2, 0.25) is 0 Å². The van der Waals surface area contributed by atoms with Crippen molar-refractivity contribution in [3.05, 3.63) is 33.2 Å². The lowest BCUT2D eigenvalue weighted by molar-refractivity contribution is 0.0598. The molecule has 17 heavy (non-hydrogen) atoms. The molecule has 94 valence electrons. The number of methoxy groups -OCH3 is 1. The van der Waals surface area contributed by atoms with Gasteiger partial charge in [0.15, 0.2) is 5.43 Å². The fourth-order valence-corrected chi connectivity index (χ4v) is 1.72. The van der Waals surface area contributed by atoms with Crippen molar-refractivity contribution in [2.75, 3.05) is 13.7 Å². The predicted octanol–water partition coefficient (Wildman–Crippen LogP) is 0.833. The van der Waals surface area contributed by atoms with Crippen molar-refractivity contribution in [1.82, 2.24) is 10.3 Å². The molecule has 1 aromatic heterocycles. The number of fused-ring (bicyclic) bond motifs is 1. The molecule has 0 saturated carbocycles. The first-order valence-corrected chi connectivity index (χ1v) is 5.76. The molecule has 1 aromatic rings. The van der Waals surface area contributed by atoms with Gasteiger partial charge in [-0.25, -0.2) is 4.79 Å². The first-order chi connectivity index (χ1) is 8.24. The highest BCUT2D eigenvalue weighted by Crippen LogP contribution is 2.07. The fraction of sp³-hybridized carbons (Fsp3) is 0.500. The first-order valence-electron chi connectivity index (χ1n) is 5.76. The number of esters is 1. The van der Waals surface area contributed by atoms with E-state index in [-0.39, 0.29) is 11.0 Å². The van der Waals surface area contributed by atoms with Crippen LogP contribution in [0.4, 0.5) is 0 Å². The number of pyridine rings is 1. The van der Waals surface area contributed by atoms with Gasteiger partial charge in [-0.1, -0.05) is 13.8 Å². The van der Waals surface area contributed by atoms with Crippen molar-refractivity contribution in [2.45, 2.75) is 26.8 Å². The molecule has 2 rings (SSSR count). The highest BCUT2D eigenvalue weighted by molar-refractivity contribution is 5.89. The van der Waals surface area contributed by atoms with E-state index in [4.69, 9.17) is 0 Å². The maximum atomic E-state index is 11.9. The van der Waals surface area contributed by atoms with E-state index in [9.17, 15) is 9.59 Å². The van der Waals surface area contributed by atoms with Crippen LogP contribution in [0.25, 0.3) is 0 Å². The summed E-state index contributed by atoms with van der Waals surface area (Å²) in [4.78, 5) is 26.1. The van der Waals surface area contributed by atoms with Gasteiger partial charge in [0.05, 0.1) is 7.11 Å². The molecule has 0 aromatic carbocycles. The molecule has 5 nitrogen and oxygen atoms in total. The second kappa shape index (κ2) is 6.20. The lowest BCUT2D eigenvalue weighted by atomic mass is 10.0. The van der Waals surface area contributed by atoms with Crippen molar-refractivity contribution >= 4 is 5.97 Å². The van der Waals surface area contributed by atoms with Gasteiger partial charge in [0.25, 0.3) is 0 Å². The Morgan fingerprint density at radius 3 is 2.76 bits per heavy atom. The molecule has 0 fully saturated rings. The molecule has 0 atom stereocenters. The Hall–Kier alpha value is -1.62. The number of H-pyrrole nitrogens is 1. The molecule has 1 aliphatic heterocycles. The summed E-state index contributed by atoms with van der Waals surface area (Å²) in [6, 6.07) is 0. The van der Waals surface area contributed by atoms with Crippen LogP contribution >= 0.6 is 0 Å². The molecule has 0 unspecified atom stereocenters. The number of nitrogens with one attached hydrogen (secondary N) is 2. The van der Waals surface area contributed by atoms with Crippen molar-refractivity contribution in [2.24, 2.45) is 0 Å². The first kappa shape index (κ1) is 13.4. The number of rotatable bonds is 1. The van der Waals surface area contributed by atoms with E-state index < -0.39 is 5.97 Å². The summed E-state index contributed by atoms with van der Waals surface area (Å²) in [5.74, 6) is -0.586. The molecule has 2 heterocycles. The van der Waals surface area contributed by atoms with Gasteiger partial charge in [-0.15, -0.1) is 0 Å². The largest absolute Gasteiger partial charge is 0.465 e. The van der Waals surface area contributed by atoms with Gasteiger partial charge >= 0.3 is 5.97 Å². The summed E-state index contributed by atoms with van der Waals surface area (Å²) in [5, 5.41) is 3.14. The Bertz CT molecular complexity index is 452. The molecule has 0 aliphatic carbocycles. The third-order valence-electron chi connectivity index (χ3n) is 2.53. The van der Waals surface area contributed by atoms with Crippen LogP contribution in [0.3, 0.4) is 0 Å². The lowest BCUT2D eigenvalue weighted by Crippen LogP contribution is -2.32. The van der Waals surface area contributed by atoms with Crippen molar-refractivity contribution in [3.8, 4) is 0 Å². The van der Waals surface area contributed by atoms with E-state index in [1.54, 1.807) is 0 Å². The molecule has 0 amide bonds. The Balaban J connectivity index is 0.000000686. The van der Waals surface area contributed by atoms with Crippen LogP contribution in [0.2, 0.25) is 0 Å². The molecule has 5 heteroatoms. The standard InChI is InChI=1S/C10H12N2O3.C2H6/c1-15-10(14)7-4-12-8-5-11-3-2-6(8)9(7)13;1-2/h4,11H,2-3,5H2,1H3,(H,12,13);1-2H3. The monoisotopic (exact) mass is 238 g/mol. The van der Waals surface area contributed by atoms with Crippen LogP contribution in [-0.2, 0) is 17.7 Å². The molecule has 0 spiro atoms. The summed E-state index contributed by atoms with van der Waals surface area (Å²) in [7, 11) is 1.27. The van der Waals surface area contributed by atoms with E-state index in [1.165, 1.54) is 13.3 Å². The van der Waals surface area contributed by atoms with E-state index in [0.717, 1.165) is 12.2 Å². The second-order valence-electron chi connectivity index (χ2n) is 3.41. The van der Waals surface area contributed by atoms with E-state index >= 15 is 0 Å². The minimum atomic E-state index is -0.586. The summed E-state index contributed by atoms with van der Waals surface area (Å²) in [6.07, 6.45) is 2.06. The summed E-state index contributed by atoms with van der Waals surface area (Å²) >= 11 is 0. The third kappa shape index (κ3) is 2.74. The molecule has 0 bridgehead atoms. The van der Waals surface area contributed by atoms with Gasteiger partial charge in [0.1, 0.15) is 5.56 Å². The van der Waals surface area contributed by atoms with E-state index in [0.29, 0.717) is 18.5 Å². The summed E-state index contributed by atoms with van der Waals surface area (Å²) < 4.78 is 4.53. The summed E-state index contributed by atoms with van der Waals surface area (Å²) in [5.41, 5.74) is 1.42. The zero-order valence-electron chi connectivity index (χ0n) is 10.4. The van der Waals surface area contributed by atoms with Crippen LogP contribution < -0.4 is 10.7 Å². The quantitative estimate of drug-likeness (QED) is 0.711. The second-order valence-corrected chi connectivity index (χ2v) is 3.41. The predicted molar refractivity (Wildman–Crippen MR) is 65.2 cm³/mol. The minimum Gasteiger partial charge on any atom is -0.465 e. The normalized spacial score (nSPS) is 13.1. The highest BCUT2D eigenvalue weighted by atomic mass is 16.5. The van der Waals surface area contributed by atoms with Gasteiger partial charge in [-0.3, -0.25) is 4.79 Å². The number of carbonyl (C=O) groups is 1. The number of aromatic amines is 1. The smallest absolute Gasteiger partial charge is 0.343 e. The van der Waals surface area contributed by atoms with E-state index in [2.05, 4.69) is 15.0 Å². The third-order valence-corrected chi connectivity index (χ3v) is 2.53. The number of hydrogen-bond acceptors (Lipinski definition) is 4. The van der Waals surface area contributed by atoms with Crippen molar-refractivity contribution < 1.29 is 9.53 Å². The average molecular weight is 238 g/mol. The molecule has 2 N–H and O–H groups in total. The number of hydrogen-bond donors (Lipinski definition) is 2. The van der Waals surface area contributed by atoms with Crippen LogP contribution in [0, 0.1) is 0 Å². The number of aromatic nitrogens is 1. The Morgan fingerprint density at radius 1 is 1.41 bits per heavy atom. The lowest BCUT2D eigenvalue weighted by Gasteiger charge is -2.16.